The molecule has 1 aliphatic rings. The van der Waals surface area contributed by atoms with E-state index in [1.807, 2.05) is 24.9 Å². The lowest BCUT2D eigenvalue weighted by atomic mass is 9.93. The van der Waals surface area contributed by atoms with Gasteiger partial charge in [0.25, 0.3) is 5.91 Å². The van der Waals surface area contributed by atoms with Crippen molar-refractivity contribution in [2.75, 3.05) is 26.7 Å². The zero-order valence-corrected chi connectivity index (χ0v) is 12.5. The van der Waals surface area contributed by atoms with Crippen molar-refractivity contribution in [3.63, 3.8) is 0 Å². The Labute approximate surface area is 120 Å². The number of nitrogens with one attached hydrogen (secondary N) is 1. The van der Waals surface area contributed by atoms with Crippen LogP contribution in [0.3, 0.4) is 0 Å². The highest BCUT2D eigenvalue weighted by Gasteiger charge is 2.24. The summed E-state index contributed by atoms with van der Waals surface area (Å²) in [5.74, 6) is 2.05. The highest BCUT2D eigenvalue weighted by molar-refractivity contribution is 5.91. The van der Waals surface area contributed by atoms with Crippen LogP contribution in [0.15, 0.2) is 16.5 Å². The molecular weight excluding hydrogens is 264 g/mol. The first-order chi connectivity index (χ1) is 8.70. The number of carbonyl (C=O) groups is 1. The van der Waals surface area contributed by atoms with E-state index in [1.54, 1.807) is 6.07 Å². The molecule has 19 heavy (non-hydrogen) atoms. The lowest BCUT2D eigenvalue weighted by Gasteiger charge is -2.31. The summed E-state index contributed by atoms with van der Waals surface area (Å²) >= 11 is 0. The Morgan fingerprint density at radius 3 is 2.63 bits per heavy atom. The zero-order valence-electron chi connectivity index (χ0n) is 11.6. The first-order valence-electron chi connectivity index (χ1n) is 6.71. The minimum absolute atomic E-state index is 0. The number of piperidine rings is 1. The number of nitrogens with zero attached hydrogens (tertiary/aromatic N) is 1. The fraction of sp³-hybridized carbons (Fsp3) is 0.643. The zero-order chi connectivity index (χ0) is 13.0. The summed E-state index contributed by atoms with van der Waals surface area (Å²) in [4.78, 5) is 14.1. The van der Waals surface area contributed by atoms with Crippen LogP contribution in [-0.4, -0.2) is 37.5 Å². The fourth-order valence-corrected chi connectivity index (χ4v) is 2.48. The van der Waals surface area contributed by atoms with Crippen LogP contribution in [0.5, 0.6) is 0 Å². The summed E-state index contributed by atoms with van der Waals surface area (Å²) in [6.45, 7) is 4.64. The Bertz CT molecular complexity index is 398. The van der Waals surface area contributed by atoms with Crippen LogP contribution in [0.1, 0.15) is 35.6 Å². The Hall–Kier alpha value is -1.00. The molecule has 1 aromatic rings. The third-order valence-corrected chi connectivity index (χ3v) is 3.66. The number of halogens is 1. The van der Waals surface area contributed by atoms with Crippen LogP contribution in [0.25, 0.3) is 0 Å². The van der Waals surface area contributed by atoms with Crippen LogP contribution in [0, 0.1) is 12.8 Å². The average molecular weight is 287 g/mol. The topological polar surface area (TPSA) is 45.5 Å². The van der Waals surface area contributed by atoms with Crippen molar-refractivity contribution in [3.8, 4) is 0 Å². The van der Waals surface area contributed by atoms with Gasteiger partial charge in [-0.2, -0.15) is 0 Å². The van der Waals surface area contributed by atoms with Gasteiger partial charge in [-0.25, -0.2) is 0 Å². The van der Waals surface area contributed by atoms with Gasteiger partial charge in [-0.05, 0) is 57.8 Å². The lowest BCUT2D eigenvalue weighted by Crippen LogP contribution is -2.38. The third kappa shape index (κ3) is 4.25. The highest BCUT2D eigenvalue weighted by atomic mass is 35.5. The largest absolute Gasteiger partial charge is 0.456 e. The molecule has 4 nitrogen and oxygen atoms in total. The molecule has 0 atom stereocenters. The van der Waals surface area contributed by atoms with Crippen LogP contribution < -0.4 is 5.32 Å². The van der Waals surface area contributed by atoms with Gasteiger partial charge < -0.3 is 14.6 Å². The molecule has 0 aromatic carbocycles. The molecule has 0 aliphatic carbocycles. The summed E-state index contributed by atoms with van der Waals surface area (Å²) in [5, 5.41) is 3.18. The number of likely N-dealkylation sites (tertiary alicyclic amines) is 1. The molecule has 2 heterocycles. The number of furan rings is 1. The molecule has 1 amide bonds. The minimum Gasteiger partial charge on any atom is -0.456 e. The first-order valence-corrected chi connectivity index (χ1v) is 6.71. The third-order valence-electron chi connectivity index (χ3n) is 3.66. The average Bonchev–Trinajstić information content (AvgIpc) is 2.83. The number of amides is 1. The van der Waals surface area contributed by atoms with Gasteiger partial charge in [-0.3, -0.25) is 4.79 Å². The maximum atomic E-state index is 12.2. The van der Waals surface area contributed by atoms with Gasteiger partial charge in [-0.15, -0.1) is 12.4 Å². The minimum atomic E-state index is 0. The van der Waals surface area contributed by atoms with Crippen molar-refractivity contribution in [1.82, 2.24) is 10.2 Å². The van der Waals surface area contributed by atoms with Gasteiger partial charge >= 0.3 is 0 Å². The van der Waals surface area contributed by atoms with Gasteiger partial charge in [0.15, 0.2) is 5.76 Å². The Kier molecular flexibility index (Phi) is 6.38. The second-order valence-electron chi connectivity index (χ2n) is 5.04. The molecular formula is C14H23ClN2O2. The number of hydrogen-bond acceptors (Lipinski definition) is 3. The van der Waals surface area contributed by atoms with Gasteiger partial charge in [0, 0.05) is 13.1 Å². The maximum absolute atomic E-state index is 12.2. The predicted molar refractivity (Wildman–Crippen MR) is 77.9 cm³/mol. The Morgan fingerprint density at radius 2 is 2.11 bits per heavy atom. The molecule has 1 aromatic heterocycles. The van der Waals surface area contributed by atoms with Gasteiger partial charge in [0.05, 0.1) is 0 Å². The summed E-state index contributed by atoms with van der Waals surface area (Å²) < 4.78 is 5.39. The summed E-state index contributed by atoms with van der Waals surface area (Å²) in [6.07, 6.45) is 3.42. The first kappa shape index (κ1) is 16.1. The predicted octanol–water partition coefficient (Wildman–Crippen LogP) is 2.47. The Morgan fingerprint density at radius 1 is 1.42 bits per heavy atom. The van der Waals surface area contributed by atoms with Crippen LogP contribution in [0.2, 0.25) is 0 Å². The van der Waals surface area contributed by atoms with E-state index in [9.17, 15) is 4.79 Å². The van der Waals surface area contributed by atoms with E-state index < -0.39 is 0 Å². The molecule has 1 fully saturated rings. The van der Waals surface area contributed by atoms with E-state index >= 15 is 0 Å². The number of carbonyl (C=O) groups excluding carboxylic acids is 1. The van der Waals surface area contributed by atoms with E-state index in [0.717, 1.165) is 44.2 Å². The summed E-state index contributed by atoms with van der Waals surface area (Å²) in [7, 11) is 1.98. The molecule has 0 radical (unpaired) electrons. The molecule has 5 heteroatoms. The standard InChI is InChI=1S/C14H22N2O2.ClH/c1-11-3-4-13(18-11)14(17)16-9-6-12(7-10-16)5-8-15-2;/h3-4,12,15H,5-10H2,1-2H3;1H. The summed E-state index contributed by atoms with van der Waals surface area (Å²) in [5.41, 5.74) is 0. The van der Waals surface area contributed by atoms with Crippen molar-refractivity contribution >= 4 is 18.3 Å². The molecule has 108 valence electrons. The normalized spacial score (nSPS) is 16.2. The highest BCUT2D eigenvalue weighted by Crippen LogP contribution is 2.21. The van der Waals surface area contributed by atoms with Crippen molar-refractivity contribution in [2.24, 2.45) is 5.92 Å². The van der Waals surface area contributed by atoms with E-state index in [2.05, 4.69) is 5.32 Å². The van der Waals surface area contributed by atoms with Crippen LogP contribution >= 0.6 is 12.4 Å². The van der Waals surface area contributed by atoms with Crippen molar-refractivity contribution < 1.29 is 9.21 Å². The fourth-order valence-electron chi connectivity index (χ4n) is 2.48. The van der Waals surface area contributed by atoms with Crippen LogP contribution in [-0.2, 0) is 0 Å². The molecule has 0 bridgehead atoms. The second kappa shape index (κ2) is 7.56. The van der Waals surface area contributed by atoms with E-state index in [-0.39, 0.29) is 18.3 Å². The molecule has 0 spiro atoms. The number of hydrogen-bond donors (Lipinski definition) is 1. The maximum Gasteiger partial charge on any atom is 0.289 e. The second-order valence-corrected chi connectivity index (χ2v) is 5.04. The molecule has 2 rings (SSSR count). The monoisotopic (exact) mass is 286 g/mol. The summed E-state index contributed by atoms with van der Waals surface area (Å²) in [6, 6.07) is 3.61. The van der Waals surface area contributed by atoms with Gasteiger partial charge in [0.1, 0.15) is 5.76 Å². The number of rotatable bonds is 4. The van der Waals surface area contributed by atoms with Crippen LogP contribution in [0.4, 0.5) is 0 Å². The van der Waals surface area contributed by atoms with E-state index in [0.29, 0.717) is 5.76 Å². The van der Waals surface area contributed by atoms with Crippen molar-refractivity contribution in [3.05, 3.63) is 23.7 Å². The SMILES string of the molecule is CNCCC1CCN(C(=O)c2ccc(C)o2)CC1.Cl. The number of aryl methyl sites for hydroxylation is 1. The molecule has 0 unspecified atom stereocenters. The van der Waals surface area contributed by atoms with Gasteiger partial charge in [-0.1, -0.05) is 0 Å². The van der Waals surface area contributed by atoms with Gasteiger partial charge in [0.2, 0.25) is 0 Å². The molecule has 1 aliphatic heterocycles. The smallest absolute Gasteiger partial charge is 0.289 e. The van der Waals surface area contributed by atoms with E-state index in [1.165, 1.54) is 6.42 Å². The molecule has 1 saturated heterocycles. The van der Waals surface area contributed by atoms with Crippen molar-refractivity contribution in [2.45, 2.75) is 26.2 Å². The molecule has 1 N–H and O–H groups in total. The van der Waals surface area contributed by atoms with E-state index in [4.69, 9.17) is 4.42 Å². The molecule has 0 saturated carbocycles. The quantitative estimate of drug-likeness (QED) is 0.925. The Balaban J connectivity index is 0.00000180. The van der Waals surface area contributed by atoms with Crippen molar-refractivity contribution in [1.29, 1.82) is 0 Å². The lowest BCUT2D eigenvalue weighted by molar-refractivity contribution is 0.0654.